The monoisotopic (exact) mass is 404 g/mol. The lowest BCUT2D eigenvalue weighted by atomic mass is 10.1. The third-order valence-electron chi connectivity index (χ3n) is 4.78. The summed E-state index contributed by atoms with van der Waals surface area (Å²) in [7, 11) is 0. The second-order valence-corrected chi connectivity index (χ2v) is 7.17. The fourth-order valence-corrected chi connectivity index (χ4v) is 3.48. The molecule has 9 heteroatoms. The van der Waals surface area contributed by atoms with Gasteiger partial charge in [-0.15, -0.1) is 0 Å². The summed E-state index contributed by atoms with van der Waals surface area (Å²) < 4.78 is 16.8. The summed E-state index contributed by atoms with van der Waals surface area (Å²) in [5, 5.41) is 0.332. The SMILES string of the molecule is O=C(c1cnc(O[C@H]2CCOC2)c(Cl)c1)N1CCC(Oc2cnccn2)CC1. The molecule has 0 radical (unpaired) electrons. The Kier molecular flexibility index (Phi) is 5.87. The molecule has 0 spiro atoms. The van der Waals surface area contributed by atoms with Crippen LogP contribution in [0.3, 0.4) is 0 Å². The fraction of sp³-hybridized carbons (Fsp3) is 0.474. The molecule has 0 bridgehead atoms. The van der Waals surface area contributed by atoms with E-state index >= 15 is 0 Å². The van der Waals surface area contributed by atoms with Gasteiger partial charge in [0.05, 0.1) is 25.0 Å². The molecule has 4 rings (SSSR count). The number of piperidine rings is 1. The van der Waals surface area contributed by atoms with Crippen molar-refractivity contribution in [3.8, 4) is 11.8 Å². The lowest BCUT2D eigenvalue weighted by molar-refractivity contribution is 0.0586. The van der Waals surface area contributed by atoms with Crippen molar-refractivity contribution < 1.29 is 19.0 Å². The molecular weight excluding hydrogens is 384 g/mol. The first kappa shape index (κ1) is 18.9. The number of hydrogen-bond donors (Lipinski definition) is 0. The van der Waals surface area contributed by atoms with Gasteiger partial charge in [0.15, 0.2) is 0 Å². The van der Waals surface area contributed by atoms with Crippen LogP contribution < -0.4 is 9.47 Å². The fourth-order valence-electron chi connectivity index (χ4n) is 3.27. The van der Waals surface area contributed by atoms with Crippen LogP contribution in [0.25, 0.3) is 0 Å². The first-order chi connectivity index (χ1) is 13.7. The molecule has 2 fully saturated rings. The third kappa shape index (κ3) is 4.51. The van der Waals surface area contributed by atoms with Crippen LogP contribution in [0.15, 0.2) is 30.9 Å². The lowest BCUT2D eigenvalue weighted by Gasteiger charge is -2.31. The molecule has 2 aromatic rings. The zero-order valence-electron chi connectivity index (χ0n) is 15.3. The van der Waals surface area contributed by atoms with Gasteiger partial charge < -0.3 is 19.1 Å². The molecule has 2 aliphatic rings. The summed E-state index contributed by atoms with van der Waals surface area (Å²) in [6, 6.07) is 1.62. The maximum atomic E-state index is 12.8. The van der Waals surface area contributed by atoms with Crippen LogP contribution in [0.1, 0.15) is 29.6 Å². The van der Waals surface area contributed by atoms with Crippen molar-refractivity contribution in [2.24, 2.45) is 0 Å². The number of rotatable bonds is 5. The minimum Gasteiger partial charge on any atom is -0.473 e. The maximum absolute atomic E-state index is 12.8. The number of carbonyl (C=O) groups is 1. The van der Waals surface area contributed by atoms with Crippen molar-refractivity contribution in [1.82, 2.24) is 19.9 Å². The van der Waals surface area contributed by atoms with Gasteiger partial charge in [-0.25, -0.2) is 9.97 Å². The molecule has 28 heavy (non-hydrogen) atoms. The molecule has 8 nitrogen and oxygen atoms in total. The quantitative estimate of drug-likeness (QED) is 0.756. The van der Waals surface area contributed by atoms with E-state index in [4.69, 9.17) is 25.8 Å². The molecule has 1 atom stereocenters. The zero-order valence-corrected chi connectivity index (χ0v) is 16.0. The van der Waals surface area contributed by atoms with Gasteiger partial charge >= 0.3 is 0 Å². The molecule has 4 heterocycles. The van der Waals surface area contributed by atoms with E-state index in [9.17, 15) is 4.79 Å². The number of pyridine rings is 1. The average Bonchev–Trinajstić information content (AvgIpc) is 3.23. The van der Waals surface area contributed by atoms with Gasteiger partial charge in [0.1, 0.15) is 17.2 Å². The second kappa shape index (κ2) is 8.70. The molecule has 1 amide bonds. The van der Waals surface area contributed by atoms with Crippen LogP contribution in [0.2, 0.25) is 5.02 Å². The molecule has 0 saturated carbocycles. The molecule has 2 aliphatic heterocycles. The van der Waals surface area contributed by atoms with Gasteiger partial charge in [-0.2, -0.15) is 0 Å². The predicted octanol–water partition coefficient (Wildman–Crippen LogP) is 2.38. The molecule has 2 saturated heterocycles. The number of amides is 1. The van der Waals surface area contributed by atoms with Gasteiger partial charge in [0.2, 0.25) is 11.8 Å². The molecule has 2 aromatic heterocycles. The van der Waals surface area contributed by atoms with E-state index in [0.29, 0.717) is 48.6 Å². The van der Waals surface area contributed by atoms with Crippen LogP contribution >= 0.6 is 11.6 Å². The summed E-state index contributed by atoms with van der Waals surface area (Å²) in [6.07, 6.45) is 8.55. The third-order valence-corrected chi connectivity index (χ3v) is 5.05. The Morgan fingerprint density at radius 2 is 1.96 bits per heavy atom. The summed E-state index contributed by atoms with van der Waals surface area (Å²) in [4.78, 5) is 26.9. The molecule has 0 aliphatic carbocycles. The minimum absolute atomic E-state index is 0.0202. The Morgan fingerprint density at radius 1 is 1.11 bits per heavy atom. The molecule has 148 valence electrons. The minimum atomic E-state index is -0.0943. The summed E-state index contributed by atoms with van der Waals surface area (Å²) in [6.45, 7) is 2.40. The van der Waals surface area contributed by atoms with Crippen molar-refractivity contribution in [3.05, 3.63) is 41.4 Å². The standard InChI is InChI=1S/C19H21ClN4O4/c20-16-9-13(10-23-18(16)28-15-3-8-26-12-15)19(25)24-6-1-14(2-7-24)27-17-11-21-4-5-22-17/h4-5,9-11,14-15H,1-3,6-8,12H2/t15-/m0/s1. The Bertz CT molecular complexity index is 809. The molecule has 0 unspecified atom stereocenters. The van der Waals surface area contributed by atoms with Crippen molar-refractivity contribution in [2.75, 3.05) is 26.3 Å². The van der Waals surface area contributed by atoms with E-state index in [2.05, 4.69) is 15.0 Å². The Hall–Kier alpha value is -2.45. The average molecular weight is 405 g/mol. The Labute approximate surface area is 167 Å². The molecule has 0 aromatic carbocycles. The second-order valence-electron chi connectivity index (χ2n) is 6.77. The van der Waals surface area contributed by atoms with Gasteiger partial charge in [-0.3, -0.25) is 9.78 Å². The summed E-state index contributed by atoms with van der Waals surface area (Å²) >= 11 is 6.27. The Balaban J connectivity index is 1.32. The van der Waals surface area contributed by atoms with Crippen molar-refractivity contribution in [3.63, 3.8) is 0 Å². The smallest absolute Gasteiger partial charge is 0.255 e. The van der Waals surface area contributed by atoms with Crippen molar-refractivity contribution in [2.45, 2.75) is 31.5 Å². The first-order valence-electron chi connectivity index (χ1n) is 9.31. The summed E-state index contributed by atoms with van der Waals surface area (Å²) in [5.74, 6) is 0.749. The van der Waals surface area contributed by atoms with Gasteiger partial charge in [-0.1, -0.05) is 11.6 Å². The predicted molar refractivity (Wildman–Crippen MR) is 101 cm³/mol. The van der Waals surface area contributed by atoms with Crippen LogP contribution in [-0.2, 0) is 4.74 Å². The number of nitrogens with zero attached hydrogens (tertiary/aromatic N) is 4. The highest BCUT2D eigenvalue weighted by atomic mass is 35.5. The largest absolute Gasteiger partial charge is 0.473 e. The van der Waals surface area contributed by atoms with Crippen LogP contribution in [0, 0.1) is 0 Å². The topological polar surface area (TPSA) is 86.7 Å². The zero-order chi connectivity index (χ0) is 19.3. The van der Waals surface area contributed by atoms with E-state index in [-0.39, 0.29) is 18.1 Å². The first-order valence-corrected chi connectivity index (χ1v) is 9.69. The van der Waals surface area contributed by atoms with E-state index in [0.717, 1.165) is 19.3 Å². The molecule has 0 N–H and O–H groups in total. The van der Waals surface area contributed by atoms with E-state index in [1.54, 1.807) is 29.6 Å². The van der Waals surface area contributed by atoms with E-state index in [1.165, 1.54) is 6.20 Å². The van der Waals surface area contributed by atoms with Crippen LogP contribution in [0.5, 0.6) is 11.8 Å². The van der Waals surface area contributed by atoms with Crippen LogP contribution in [0.4, 0.5) is 0 Å². The normalized spacial score (nSPS) is 20.2. The Morgan fingerprint density at radius 3 is 2.64 bits per heavy atom. The van der Waals surface area contributed by atoms with Crippen molar-refractivity contribution >= 4 is 17.5 Å². The van der Waals surface area contributed by atoms with E-state index < -0.39 is 0 Å². The van der Waals surface area contributed by atoms with Gasteiger partial charge in [-0.05, 0) is 6.07 Å². The maximum Gasteiger partial charge on any atom is 0.255 e. The van der Waals surface area contributed by atoms with E-state index in [1.807, 2.05) is 0 Å². The number of halogens is 1. The number of hydrogen-bond acceptors (Lipinski definition) is 7. The molecular formula is C19H21ClN4O4. The van der Waals surface area contributed by atoms with Gasteiger partial charge in [0.25, 0.3) is 5.91 Å². The number of carbonyl (C=O) groups excluding carboxylic acids is 1. The van der Waals surface area contributed by atoms with Crippen molar-refractivity contribution in [1.29, 1.82) is 0 Å². The highest BCUT2D eigenvalue weighted by Gasteiger charge is 2.26. The van der Waals surface area contributed by atoms with Crippen LogP contribution in [-0.4, -0.2) is 64.3 Å². The lowest BCUT2D eigenvalue weighted by Crippen LogP contribution is -2.41. The number of aromatic nitrogens is 3. The highest BCUT2D eigenvalue weighted by Crippen LogP contribution is 2.26. The van der Waals surface area contributed by atoms with Gasteiger partial charge in [0, 0.05) is 50.9 Å². The number of ether oxygens (including phenoxy) is 3. The summed E-state index contributed by atoms with van der Waals surface area (Å²) in [5.41, 5.74) is 0.452. The highest BCUT2D eigenvalue weighted by molar-refractivity contribution is 6.32. The number of likely N-dealkylation sites (tertiary alicyclic amines) is 1.